The zero-order valence-corrected chi connectivity index (χ0v) is 15.2. The summed E-state index contributed by atoms with van der Waals surface area (Å²) in [7, 11) is 0. The second kappa shape index (κ2) is 7.97. The highest BCUT2D eigenvalue weighted by Gasteiger charge is 2.19. The van der Waals surface area contributed by atoms with Crippen molar-refractivity contribution in [2.45, 2.75) is 11.6 Å². The molecular formula is C17H17FN6O2S. The minimum absolute atomic E-state index is 0.0359. The molecule has 0 N–H and O–H groups in total. The standard InChI is InChI=1S/C17H17FN6O2S/c18-13-4-2-1-3-12(13)9-24-16-15(21-22-24)17(20-11-19-16)27-10-14(25)23-5-7-26-8-6-23/h1-4,11H,5-10H2. The van der Waals surface area contributed by atoms with Crippen molar-refractivity contribution in [1.82, 2.24) is 29.9 Å². The van der Waals surface area contributed by atoms with Crippen LogP contribution in [-0.2, 0) is 16.1 Å². The van der Waals surface area contributed by atoms with E-state index in [-0.39, 0.29) is 24.0 Å². The number of hydrogen-bond donors (Lipinski definition) is 0. The molecule has 4 rings (SSSR count). The van der Waals surface area contributed by atoms with E-state index in [1.807, 2.05) is 0 Å². The number of carbonyl (C=O) groups is 1. The third-order valence-electron chi connectivity index (χ3n) is 4.24. The molecule has 0 aliphatic carbocycles. The van der Waals surface area contributed by atoms with Gasteiger partial charge in [0.05, 0.1) is 25.5 Å². The van der Waals surface area contributed by atoms with Gasteiger partial charge in [0.1, 0.15) is 17.2 Å². The number of ether oxygens (including phenoxy) is 1. The molecule has 1 saturated heterocycles. The van der Waals surface area contributed by atoms with Crippen molar-refractivity contribution in [2.24, 2.45) is 0 Å². The van der Waals surface area contributed by atoms with Gasteiger partial charge in [-0.3, -0.25) is 4.79 Å². The molecule has 1 aliphatic heterocycles. The van der Waals surface area contributed by atoms with Crippen molar-refractivity contribution >= 4 is 28.8 Å². The molecule has 0 saturated carbocycles. The van der Waals surface area contributed by atoms with Crippen LogP contribution in [0.25, 0.3) is 11.2 Å². The Kier molecular flexibility index (Phi) is 5.26. The Morgan fingerprint density at radius 3 is 2.85 bits per heavy atom. The largest absolute Gasteiger partial charge is 0.378 e. The lowest BCUT2D eigenvalue weighted by Crippen LogP contribution is -2.41. The minimum Gasteiger partial charge on any atom is -0.378 e. The van der Waals surface area contributed by atoms with Crippen molar-refractivity contribution < 1.29 is 13.9 Å². The molecule has 0 bridgehead atoms. The van der Waals surface area contributed by atoms with E-state index in [1.54, 1.807) is 23.1 Å². The maximum absolute atomic E-state index is 13.9. The van der Waals surface area contributed by atoms with Gasteiger partial charge in [-0.05, 0) is 6.07 Å². The number of benzene rings is 1. The van der Waals surface area contributed by atoms with Crippen LogP contribution >= 0.6 is 11.8 Å². The molecule has 0 unspecified atom stereocenters. The summed E-state index contributed by atoms with van der Waals surface area (Å²) in [5.74, 6) is -0.0125. The van der Waals surface area contributed by atoms with Crippen LogP contribution in [0.2, 0.25) is 0 Å². The van der Waals surface area contributed by atoms with Crippen LogP contribution in [0.5, 0.6) is 0 Å². The fourth-order valence-corrected chi connectivity index (χ4v) is 3.64. The van der Waals surface area contributed by atoms with Crippen LogP contribution in [0.15, 0.2) is 35.6 Å². The SMILES string of the molecule is O=C(CSc1ncnc2c1nnn2Cc1ccccc1F)N1CCOCC1. The minimum atomic E-state index is -0.305. The number of nitrogens with zero attached hydrogens (tertiary/aromatic N) is 6. The number of thioether (sulfide) groups is 1. The summed E-state index contributed by atoms with van der Waals surface area (Å²) < 4.78 is 20.7. The Labute approximate surface area is 158 Å². The monoisotopic (exact) mass is 388 g/mol. The summed E-state index contributed by atoms with van der Waals surface area (Å²) in [6.07, 6.45) is 1.41. The van der Waals surface area contributed by atoms with Crippen LogP contribution < -0.4 is 0 Å². The highest BCUT2D eigenvalue weighted by atomic mass is 32.2. The van der Waals surface area contributed by atoms with Crippen molar-refractivity contribution in [1.29, 1.82) is 0 Å². The van der Waals surface area contributed by atoms with E-state index in [4.69, 9.17) is 4.74 Å². The zero-order valence-electron chi connectivity index (χ0n) is 14.4. The fourth-order valence-electron chi connectivity index (χ4n) is 2.81. The zero-order chi connectivity index (χ0) is 18.6. The smallest absolute Gasteiger partial charge is 0.233 e. The molecule has 1 amide bonds. The molecule has 1 fully saturated rings. The van der Waals surface area contributed by atoms with Crippen LogP contribution in [0.4, 0.5) is 4.39 Å². The van der Waals surface area contributed by atoms with E-state index in [0.717, 1.165) is 0 Å². The molecule has 3 aromatic rings. The van der Waals surface area contributed by atoms with E-state index in [0.29, 0.717) is 48.1 Å². The first-order valence-corrected chi connectivity index (χ1v) is 9.47. The van der Waals surface area contributed by atoms with Gasteiger partial charge in [0.2, 0.25) is 5.91 Å². The Bertz CT molecular complexity index is 960. The lowest BCUT2D eigenvalue weighted by molar-refractivity contribution is -0.132. The van der Waals surface area contributed by atoms with Gasteiger partial charge in [0.25, 0.3) is 0 Å². The van der Waals surface area contributed by atoms with Crippen molar-refractivity contribution in [2.75, 3.05) is 32.1 Å². The average Bonchev–Trinajstić information content (AvgIpc) is 3.12. The summed E-state index contributed by atoms with van der Waals surface area (Å²) >= 11 is 1.30. The number of hydrogen-bond acceptors (Lipinski definition) is 7. The van der Waals surface area contributed by atoms with Gasteiger partial charge in [-0.1, -0.05) is 35.2 Å². The fraction of sp³-hybridized carbons (Fsp3) is 0.353. The van der Waals surface area contributed by atoms with Gasteiger partial charge in [0.15, 0.2) is 11.2 Å². The molecule has 0 atom stereocenters. The van der Waals surface area contributed by atoms with E-state index >= 15 is 0 Å². The van der Waals surface area contributed by atoms with Crippen LogP contribution in [-0.4, -0.2) is 67.8 Å². The number of amides is 1. The highest BCUT2D eigenvalue weighted by molar-refractivity contribution is 8.00. The number of rotatable bonds is 5. The van der Waals surface area contributed by atoms with Crippen LogP contribution in [0.3, 0.4) is 0 Å². The molecule has 140 valence electrons. The number of halogens is 1. The van der Waals surface area contributed by atoms with Crippen molar-refractivity contribution in [3.63, 3.8) is 0 Å². The lowest BCUT2D eigenvalue weighted by Gasteiger charge is -2.26. The topological polar surface area (TPSA) is 86.0 Å². The quantitative estimate of drug-likeness (QED) is 0.482. The lowest BCUT2D eigenvalue weighted by atomic mass is 10.2. The van der Waals surface area contributed by atoms with Crippen molar-refractivity contribution in [3.05, 3.63) is 42.0 Å². The average molecular weight is 388 g/mol. The van der Waals surface area contributed by atoms with E-state index < -0.39 is 0 Å². The first kappa shape index (κ1) is 17.8. The third-order valence-corrected chi connectivity index (χ3v) is 5.20. The molecule has 27 heavy (non-hydrogen) atoms. The molecule has 0 spiro atoms. The third kappa shape index (κ3) is 3.91. The Morgan fingerprint density at radius 1 is 1.22 bits per heavy atom. The molecule has 3 heterocycles. The van der Waals surface area contributed by atoms with Gasteiger partial charge < -0.3 is 9.64 Å². The summed E-state index contributed by atoms with van der Waals surface area (Å²) in [6.45, 7) is 2.57. The van der Waals surface area contributed by atoms with Gasteiger partial charge in [-0.2, -0.15) is 0 Å². The predicted octanol–water partition coefficient (Wildman–Crippen LogP) is 1.36. The van der Waals surface area contributed by atoms with Crippen LogP contribution in [0, 0.1) is 5.82 Å². The number of aromatic nitrogens is 5. The van der Waals surface area contributed by atoms with Gasteiger partial charge in [-0.25, -0.2) is 19.0 Å². The Hall–Kier alpha value is -2.59. The van der Waals surface area contributed by atoms with E-state index in [1.165, 1.54) is 28.8 Å². The number of morpholine rings is 1. The molecule has 10 heteroatoms. The Morgan fingerprint density at radius 2 is 2.04 bits per heavy atom. The summed E-state index contributed by atoms with van der Waals surface area (Å²) in [6, 6.07) is 6.51. The second-order valence-electron chi connectivity index (χ2n) is 5.97. The molecule has 1 aliphatic rings. The summed E-state index contributed by atoms with van der Waals surface area (Å²) in [5.41, 5.74) is 1.52. The van der Waals surface area contributed by atoms with Crippen LogP contribution in [0.1, 0.15) is 5.56 Å². The summed E-state index contributed by atoms with van der Waals surface area (Å²) in [4.78, 5) is 22.5. The summed E-state index contributed by atoms with van der Waals surface area (Å²) in [5, 5.41) is 8.80. The molecule has 2 aromatic heterocycles. The molecular weight excluding hydrogens is 371 g/mol. The van der Waals surface area contributed by atoms with Crippen molar-refractivity contribution in [3.8, 4) is 0 Å². The first-order valence-electron chi connectivity index (χ1n) is 8.48. The van der Waals surface area contributed by atoms with Gasteiger partial charge >= 0.3 is 0 Å². The highest BCUT2D eigenvalue weighted by Crippen LogP contribution is 2.23. The maximum Gasteiger partial charge on any atom is 0.233 e. The normalized spacial score (nSPS) is 14.6. The second-order valence-corrected chi connectivity index (χ2v) is 6.94. The van der Waals surface area contributed by atoms with Gasteiger partial charge in [0, 0.05) is 18.7 Å². The Balaban J connectivity index is 1.50. The molecule has 1 aromatic carbocycles. The maximum atomic E-state index is 13.9. The molecule has 0 radical (unpaired) electrons. The predicted molar refractivity (Wildman–Crippen MR) is 96.7 cm³/mol. The first-order chi connectivity index (χ1) is 13.2. The molecule has 8 nitrogen and oxygen atoms in total. The van der Waals surface area contributed by atoms with E-state index in [2.05, 4.69) is 20.3 Å². The van der Waals surface area contributed by atoms with E-state index in [9.17, 15) is 9.18 Å². The van der Waals surface area contributed by atoms with Gasteiger partial charge in [-0.15, -0.1) is 5.10 Å². The number of carbonyl (C=O) groups excluding carboxylic acids is 1. The number of fused-ring (bicyclic) bond motifs is 1.